The molecule has 1 aromatic rings. The van der Waals surface area contributed by atoms with Gasteiger partial charge < -0.3 is 4.74 Å². The predicted molar refractivity (Wildman–Crippen MR) is 72.3 cm³/mol. The van der Waals surface area contributed by atoms with Crippen LogP contribution in [0.3, 0.4) is 0 Å². The smallest absolute Gasteiger partial charge is 0.229 e. The summed E-state index contributed by atoms with van der Waals surface area (Å²) in [4.78, 5) is 0. The number of alkyl halides is 2. The van der Waals surface area contributed by atoms with Gasteiger partial charge in [-0.2, -0.15) is 4.39 Å². The lowest BCUT2D eigenvalue weighted by atomic mass is 9.89. The molecule has 1 saturated carbocycles. The highest BCUT2D eigenvalue weighted by Gasteiger charge is 2.21. The van der Waals surface area contributed by atoms with Crippen molar-refractivity contribution in [3.8, 4) is 5.75 Å². The minimum Gasteiger partial charge on any atom is -0.487 e. The van der Waals surface area contributed by atoms with Gasteiger partial charge in [-0.05, 0) is 50.2 Å². The Kier molecular flexibility index (Phi) is 6.82. The quantitative estimate of drug-likeness (QED) is 0.667. The maximum atomic E-state index is 13.6. The van der Waals surface area contributed by atoms with Gasteiger partial charge in [0.15, 0.2) is 11.6 Å². The van der Waals surface area contributed by atoms with Crippen molar-refractivity contribution in [1.29, 1.82) is 0 Å². The number of aryl methyl sites for hydroxylation is 1. The maximum Gasteiger partial charge on any atom is 0.229 e. The van der Waals surface area contributed by atoms with E-state index in [1.165, 1.54) is 6.07 Å². The van der Waals surface area contributed by atoms with Crippen LogP contribution in [0.25, 0.3) is 0 Å². The van der Waals surface area contributed by atoms with Crippen LogP contribution in [0.1, 0.15) is 39.6 Å². The van der Waals surface area contributed by atoms with Gasteiger partial charge in [0.05, 0.1) is 6.10 Å². The van der Waals surface area contributed by atoms with Gasteiger partial charge in [-0.3, -0.25) is 0 Å². The molecule has 2 rings (SSSR count). The second-order valence-electron chi connectivity index (χ2n) is 5.11. The number of hydrogen-bond donors (Lipinski definition) is 0. The Labute approximate surface area is 118 Å². The number of hydrogen-bond acceptors (Lipinski definition) is 1. The molecule has 1 fully saturated rings. The Morgan fingerprint density at radius 2 is 1.65 bits per heavy atom. The van der Waals surface area contributed by atoms with E-state index < -0.39 is 18.6 Å². The van der Waals surface area contributed by atoms with E-state index >= 15 is 0 Å². The van der Waals surface area contributed by atoms with Crippen molar-refractivity contribution in [1.82, 2.24) is 0 Å². The van der Waals surface area contributed by atoms with Gasteiger partial charge >= 0.3 is 0 Å². The molecular weight excluding hydrogens is 272 g/mol. The summed E-state index contributed by atoms with van der Waals surface area (Å²) in [6.07, 6.45) is 4.08. The first-order valence-electron chi connectivity index (χ1n) is 6.72. The van der Waals surface area contributed by atoms with Crippen LogP contribution in [-0.4, -0.2) is 13.0 Å². The molecule has 0 saturated heterocycles. The average molecular weight is 294 g/mol. The standard InChI is InChI=1S/C14H18F2O.CH2F2.H2/c1-9-3-6-11(7-4-9)17-12-8-5-10(2)13(15)14(12)16;2-1-3;/h5,8-9,11H,3-4,6-7H2,1-2H3;1H2;1H. The number of ether oxygens (including phenoxy) is 1. The van der Waals surface area contributed by atoms with Crippen molar-refractivity contribution in [2.45, 2.75) is 45.6 Å². The van der Waals surface area contributed by atoms with Gasteiger partial charge in [0.25, 0.3) is 0 Å². The fourth-order valence-corrected chi connectivity index (χ4v) is 2.25. The van der Waals surface area contributed by atoms with Crippen LogP contribution in [0.4, 0.5) is 17.6 Å². The molecule has 0 aromatic heterocycles. The second-order valence-corrected chi connectivity index (χ2v) is 5.11. The van der Waals surface area contributed by atoms with Crippen LogP contribution in [0, 0.1) is 24.5 Å². The second kappa shape index (κ2) is 8.12. The molecule has 0 radical (unpaired) electrons. The third-order valence-corrected chi connectivity index (χ3v) is 3.50. The van der Waals surface area contributed by atoms with Crippen LogP contribution < -0.4 is 4.74 Å². The van der Waals surface area contributed by atoms with Crippen molar-refractivity contribution in [2.24, 2.45) is 5.92 Å². The van der Waals surface area contributed by atoms with Gasteiger partial charge in [0.2, 0.25) is 12.7 Å². The summed E-state index contributed by atoms with van der Waals surface area (Å²) in [6, 6.07) is 3.07. The molecule has 1 nitrogen and oxygen atoms in total. The normalized spacial score (nSPS) is 21.9. The van der Waals surface area contributed by atoms with E-state index in [2.05, 4.69) is 6.92 Å². The molecule has 1 aliphatic rings. The molecule has 1 aliphatic carbocycles. The minimum atomic E-state index is -1.75. The number of halogens is 4. The molecule has 5 heteroatoms. The SMILES string of the molecule is Cc1ccc(OC2CCC(C)CC2)c(F)c1F.FCF.[HH]. The molecular formula is C15H22F4O. The third-order valence-electron chi connectivity index (χ3n) is 3.50. The summed E-state index contributed by atoms with van der Waals surface area (Å²) in [5.41, 5.74) is 0.312. The third kappa shape index (κ3) is 4.69. The van der Waals surface area contributed by atoms with Gasteiger partial charge in [-0.25, -0.2) is 13.2 Å². The Hall–Kier alpha value is -1.26. The fourth-order valence-electron chi connectivity index (χ4n) is 2.25. The highest BCUT2D eigenvalue weighted by molar-refractivity contribution is 5.30. The molecule has 0 bridgehead atoms. The van der Waals surface area contributed by atoms with Gasteiger partial charge in [0.1, 0.15) is 0 Å². The lowest BCUT2D eigenvalue weighted by molar-refractivity contribution is 0.129. The first-order valence-corrected chi connectivity index (χ1v) is 6.72. The molecule has 0 aliphatic heterocycles. The number of benzene rings is 1. The zero-order valence-corrected chi connectivity index (χ0v) is 11.8. The number of rotatable bonds is 2. The first kappa shape index (κ1) is 16.8. The van der Waals surface area contributed by atoms with Crippen LogP contribution >= 0.6 is 0 Å². The topological polar surface area (TPSA) is 9.23 Å². The average Bonchev–Trinajstić information content (AvgIpc) is 2.43. The molecule has 0 heterocycles. The van der Waals surface area contributed by atoms with E-state index in [1.807, 2.05) is 0 Å². The summed E-state index contributed by atoms with van der Waals surface area (Å²) in [5.74, 6) is -0.891. The lowest BCUT2D eigenvalue weighted by Crippen LogP contribution is -2.23. The van der Waals surface area contributed by atoms with Gasteiger partial charge in [0, 0.05) is 1.43 Å². The van der Waals surface area contributed by atoms with E-state index in [1.54, 1.807) is 13.0 Å². The van der Waals surface area contributed by atoms with Gasteiger partial charge in [-0.15, -0.1) is 0 Å². The fraction of sp³-hybridized carbons (Fsp3) is 0.600. The lowest BCUT2D eigenvalue weighted by Gasteiger charge is -2.27. The van der Waals surface area contributed by atoms with E-state index in [0.717, 1.165) is 31.6 Å². The molecule has 0 atom stereocenters. The van der Waals surface area contributed by atoms with Crippen LogP contribution in [-0.2, 0) is 0 Å². The monoisotopic (exact) mass is 294 g/mol. The van der Waals surface area contributed by atoms with Crippen molar-refractivity contribution in [3.63, 3.8) is 0 Å². The molecule has 116 valence electrons. The highest BCUT2D eigenvalue weighted by atomic mass is 19.3. The Morgan fingerprint density at radius 3 is 2.20 bits per heavy atom. The van der Waals surface area contributed by atoms with Crippen molar-refractivity contribution < 1.29 is 23.7 Å². The van der Waals surface area contributed by atoms with Crippen LogP contribution in [0.5, 0.6) is 5.75 Å². The van der Waals surface area contributed by atoms with Crippen molar-refractivity contribution in [3.05, 3.63) is 29.3 Å². The summed E-state index contributed by atoms with van der Waals surface area (Å²) in [7, 11) is 0. The largest absolute Gasteiger partial charge is 0.487 e. The van der Waals surface area contributed by atoms with E-state index in [9.17, 15) is 17.6 Å². The summed E-state index contributed by atoms with van der Waals surface area (Å²) >= 11 is 0. The summed E-state index contributed by atoms with van der Waals surface area (Å²) < 4.78 is 51.8. The first-order chi connectivity index (χ1) is 9.49. The summed E-state index contributed by atoms with van der Waals surface area (Å²) in [5, 5.41) is 0. The van der Waals surface area contributed by atoms with Crippen LogP contribution in [0.15, 0.2) is 12.1 Å². The van der Waals surface area contributed by atoms with Crippen molar-refractivity contribution >= 4 is 0 Å². The molecule has 0 unspecified atom stereocenters. The minimum absolute atomic E-state index is 0. The summed E-state index contributed by atoms with van der Waals surface area (Å²) in [6.45, 7) is 2.01. The Morgan fingerprint density at radius 1 is 1.10 bits per heavy atom. The Bertz CT molecular complexity index is 420. The molecule has 0 amide bonds. The van der Waals surface area contributed by atoms with Gasteiger partial charge in [-0.1, -0.05) is 13.0 Å². The Balaban J connectivity index is 0.000000922. The highest BCUT2D eigenvalue weighted by Crippen LogP contribution is 2.29. The van der Waals surface area contributed by atoms with Crippen LogP contribution in [0.2, 0.25) is 0 Å². The zero-order chi connectivity index (χ0) is 15.1. The maximum absolute atomic E-state index is 13.6. The molecule has 0 N–H and O–H groups in total. The van der Waals surface area contributed by atoms with E-state index in [-0.39, 0.29) is 13.3 Å². The predicted octanol–water partition coefficient (Wildman–Crippen LogP) is 5.36. The zero-order valence-electron chi connectivity index (χ0n) is 11.8. The van der Waals surface area contributed by atoms with E-state index in [4.69, 9.17) is 4.74 Å². The molecule has 1 aromatic carbocycles. The molecule has 20 heavy (non-hydrogen) atoms. The van der Waals surface area contributed by atoms with E-state index in [0.29, 0.717) is 5.56 Å². The molecule has 0 spiro atoms. The van der Waals surface area contributed by atoms with Crippen molar-refractivity contribution in [2.75, 3.05) is 6.93 Å².